The SMILES string of the molecule is Cc1cc([N+](=O)[O-])ccc1NC(=O)CSc1c(Cl)cccc1Cl. The van der Waals surface area contributed by atoms with E-state index >= 15 is 0 Å². The maximum absolute atomic E-state index is 12.0. The first-order valence-electron chi connectivity index (χ1n) is 6.50. The molecule has 5 nitrogen and oxygen atoms in total. The van der Waals surface area contributed by atoms with Crippen LogP contribution < -0.4 is 5.32 Å². The molecule has 2 aromatic rings. The quantitative estimate of drug-likeness (QED) is 0.459. The number of hydrogen-bond acceptors (Lipinski definition) is 4. The van der Waals surface area contributed by atoms with Gasteiger partial charge < -0.3 is 5.32 Å². The topological polar surface area (TPSA) is 72.2 Å². The van der Waals surface area contributed by atoms with Crippen LogP contribution in [0.1, 0.15) is 5.56 Å². The van der Waals surface area contributed by atoms with Crippen molar-refractivity contribution in [3.8, 4) is 0 Å². The number of carbonyl (C=O) groups excluding carboxylic acids is 1. The number of anilines is 1. The van der Waals surface area contributed by atoms with Gasteiger partial charge in [0.15, 0.2) is 0 Å². The molecule has 2 rings (SSSR count). The Balaban J connectivity index is 2.01. The van der Waals surface area contributed by atoms with Gasteiger partial charge in [0.1, 0.15) is 0 Å². The lowest BCUT2D eigenvalue weighted by molar-refractivity contribution is -0.384. The van der Waals surface area contributed by atoms with E-state index in [1.807, 2.05) is 0 Å². The Morgan fingerprint density at radius 1 is 1.26 bits per heavy atom. The van der Waals surface area contributed by atoms with E-state index < -0.39 is 4.92 Å². The summed E-state index contributed by atoms with van der Waals surface area (Å²) < 4.78 is 0. The summed E-state index contributed by atoms with van der Waals surface area (Å²) in [4.78, 5) is 22.9. The van der Waals surface area contributed by atoms with E-state index in [9.17, 15) is 14.9 Å². The summed E-state index contributed by atoms with van der Waals surface area (Å²) in [6, 6.07) is 9.41. The Kier molecular flexibility index (Phi) is 5.87. The average molecular weight is 371 g/mol. The second-order valence-electron chi connectivity index (χ2n) is 4.64. The summed E-state index contributed by atoms with van der Waals surface area (Å²) in [5.74, 6) is -0.122. The predicted octanol–water partition coefficient (Wildman–Crippen LogP) is 4.94. The molecule has 2 aromatic carbocycles. The zero-order chi connectivity index (χ0) is 17.0. The monoisotopic (exact) mass is 370 g/mol. The van der Waals surface area contributed by atoms with E-state index in [2.05, 4.69) is 5.32 Å². The number of aryl methyl sites for hydroxylation is 1. The number of benzene rings is 2. The number of rotatable bonds is 5. The van der Waals surface area contributed by atoms with Crippen LogP contribution in [0.5, 0.6) is 0 Å². The lowest BCUT2D eigenvalue weighted by atomic mass is 10.2. The molecule has 0 atom stereocenters. The summed E-state index contributed by atoms with van der Waals surface area (Å²) in [5.41, 5.74) is 1.14. The van der Waals surface area contributed by atoms with Gasteiger partial charge in [0, 0.05) is 22.7 Å². The Labute approximate surface area is 147 Å². The van der Waals surface area contributed by atoms with Gasteiger partial charge >= 0.3 is 0 Å². The minimum atomic E-state index is -0.478. The highest BCUT2D eigenvalue weighted by Gasteiger charge is 2.12. The van der Waals surface area contributed by atoms with Crippen molar-refractivity contribution < 1.29 is 9.72 Å². The van der Waals surface area contributed by atoms with Gasteiger partial charge in [-0.15, -0.1) is 11.8 Å². The predicted molar refractivity (Wildman–Crippen MR) is 93.6 cm³/mol. The van der Waals surface area contributed by atoms with Crippen LogP contribution in [0.15, 0.2) is 41.3 Å². The van der Waals surface area contributed by atoms with Gasteiger partial charge in [0.25, 0.3) is 5.69 Å². The third-order valence-electron chi connectivity index (χ3n) is 2.96. The molecular formula is C15H12Cl2N2O3S. The van der Waals surface area contributed by atoms with Crippen molar-refractivity contribution in [3.63, 3.8) is 0 Å². The van der Waals surface area contributed by atoms with Gasteiger partial charge in [-0.3, -0.25) is 14.9 Å². The fraction of sp³-hybridized carbons (Fsp3) is 0.133. The number of nitrogens with one attached hydrogen (secondary N) is 1. The molecule has 120 valence electrons. The van der Waals surface area contributed by atoms with Crippen LogP contribution in [0, 0.1) is 17.0 Å². The van der Waals surface area contributed by atoms with Crippen molar-refractivity contribution in [2.24, 2.45) is 0 Å². The van der Waals surface area contributed by atoms with Crippen molar-refractivity contribution in [2.45, 2.75) is 11.8 Å². The van der Waals surface area contributed by atoms with Crippen LogP contribution in [0.3, 0.4) is 0 Å². The van der Waals surface area contributed by atoms with Gasteiger partial charge in [-0.1, -0.05) is 29.3 Å². The summed E-state index contributed by atoms with van der Waals surface area (Å²) in [6.45, 7) is 1.70. The Bertz CT molecular complexity index is 748. The Morgan fingerprint density at radius 2 is 1.91 bits per heavy atom. The molecule has 1 amide bonds. The van der Waals surface area contributed by atoms with E-state index in [-0.39, 0.29) is 17.3 Å². The number of nitro groups is 1. The normalized spacial score (nSPS) is 10.4. The van der Waals surface area contributed by atoms with Crippen LogP contribution in [-0.4, -0.2) is 16.6 Å². The minimum Gasteiger partial charge on any atom is -0.325 e. The molecule has 0 fully saturated rings. The summed E-state index contributed by atoms with van der Waals surface area (Å²) in [5, 5.41) is 14.4. The second kappa shape index (κ2) is 7.68. The number of hydrogen-bond donors (Lipinski definition) is 1. The fourth-order valence-electron chi connectivity index (χ4n) is 1.85. The van der Waals surface area contributed by atoms with E-state index in [4.69, 9.17) is 23.2 Å². The third-order valence-corrected chi connectivity index (χ3v) is 4.95. The molecule has 23 heavy (non-hydrogen) atoms. The van der Waals surface area contributed by atoms with Gasteiger partial charge in [-0.05, 0) is 30.7 Å². The highest BCUT2D eigenvalue weighted by molar-refractivity contribution is 8.00. The third kappa shape index (κ3) is 4.60. The fourth-order valence-corrected chi connectivity index (χ4v) is 3.33. The standard InChI is InChI=1S/C15H12Cl2N2O3S/c1-9-7-10(19(21)22)5-6-13(9)18-14(20)8-23-15-11(16)3-2-4-12(15)17/h2-7H,8H2,1H3,(H,18,20). The first-order chi connectivity index (χ1) is 10.9. The van der Waals surface area contributed by atoms with Gasteiger partial charge in [0.05, 0.1) is 20.7 Å². The zero-order valence-corrected chi connectivity index (χ0v) is 14.3. The van der Waals surface area contributed by atoms with Crippen LogP contribution in [0.25, 0.3) is 0 Å². The first-order valence-corrected chi connectivity index (χ1v) is 8.24. The number of amides is 1. The van der Waals surface area contributed by atoms with Crippen LogP contribution in [-0.2, 0) is 4.79 Å². The molecule has 0 aromatic heterocycles. The van der Waals surface area contributed by atoms with Crippen molar-refractivity contribution >= 4 is 52.2 Å². The molecule has 1 N–H and O–H groups in total. The summed E-state index contributed by atoms with van der Waals surface area (Å²) >= 11 is 13.3. The van der Waals surface area contributed by atoms with Gasteiger partial charge in [0.2, 0.25) is 5.91 Å². The minimum absolute atomic E-state index is 0.0160. The molecular weight excluding hydrogens is 359 g/mol. The zero-order valence-electron chi connectivity index (χ0n) is 12.0. The van der Waals surface area contributed by atoms with Crippen molar-refractivity contribution in [1.82, 2.24) is 0 Å². The lowest BCUT2D eigenvalue weighted by Crippen LogP contribution is -2.15. The number of nitro benzene ring substituents is 1. The smallest absolute Gasteiger partial charge is 0.269 e. The van der Waals surface area contributed by atoms with Crippen LogP contribution in [0.4, 0.5) is 11.4 Å². The van der Waals surface area contributed by atoms with E-state index in [1.54, 1.807) is 25.1 Å². The molecule has 0 heterocycles. The maximum Gasteiger partial charge on any atom is 0.269 e. The Morgan fingerprint density at radius 3 is 2.48 bits per heavy atom. The molecule has 0 bridgehead atoms. The Hall–Kier alpha value is -1.76. The molecule has 0 aliphatic carbocycles. The van der Waals surface area contributed by atoms with Gasteiger partial charge in [-0.25, -0.2) is 0 Å². The second-order valence-corrected chi connectivity index (χ2v) is 6.44. The lowest BCUT2D eigenvalue weighted by Gasteiger charge is -2.09. The van der Waals surface area contributed by atoms with Gasteiger partial charge in [-0.2, -0.15) is 0 Å². The highest BCUT2D eigenvalue weighted by atomic mass is 35.5. The van der Waals surface area contributed by atoms with E-state index in [0.717, 1.165) is 0 Å². The highest BCUT2D eigenvalue weighted by Crippen LogP contribution is 2.33. The average Bonchev–Trinajstić information content (AvgIpc) is 2.48. The number of halogens is 2. The summed E-state index contributed by atoms with van der Waals surface area (Å²) in [7, 11) is 0. The molecule has 0 saturated carbocycles. The number of carbonyl (C=O) groups is 1. The van der Waals surface area contributed by atoms with E-state index in [1.165, 1.54) is 30.0 Å². The van der Waals surface area contributed by atoms with Crippen molar-refractivity contribution in [1.29, 1.82) is 0 Å². The molecule has 0 aliphatic heterocycles. The van der Waals surface area contributed by atoms with Crippen molar-refractivity contribution in [2.75, 3.05) is 11.1 Å². The largest absolute Gasteiger partial charge is 0.325 e. The molecule has 8 heteroatoms. The molecule has 0 saturated heterocycles. The molecule has 0 spiro atoms. The number of non-ortho nitro benzene ring substituents is 1. The molecule has 0 unspecified atom stereocenters. The number of nitrogens with zero attached hydrogens (tertiary/aromatic N) is 1. The first kappa shape index (κ1) is 17.6. The van der Waals surface area contributed by atoms with Crippen molar-refractivity contribution in [3.05, 3.63) is 62.1 Å². The number of thioether (sulfide) groups is 1. The van der Waals surface area contributed by atoms with E-state index in [0.29, 0.717) is 26.2 Å². The maximum atomic E-state index is 12.0. The molecule has 0 aliphatic rings. The van der Waals surface area contributed by atoms with Crippen LogP contribution >= 0.6 is 35.0 Å². The summed E-state index contributed by atoms with van der Waals surface area (Å²) in [6.07, 6.45) is 0. The van der Waals surface area contributed by atoms with Crippen LogP contribution in [0.2, 0.25) is 10.0 Å². The molecule has 0 radical (unpaired) electrons.